The molecule has 0 saturated carbocycles. The molecule has 0 fully saturated rings. The van der Waals surface area contributed by atoms with Gasteiger partial charge in [-0.05, 0) is 30.2 Å². The number of carboxylic acid groups (broad SMARTS) is 1. The van der Waals surface area contributed by atoms with E-state index in [0.717, 1.165) is 11.1 Å². The van der Waals surface area contributed by atoms with Gasteiger partial charge in [0, 0.05) is 17.7 Å². The van der Waals surface area contributed by atoms with E-state index in [4.69, 9.17) is 5.11 Å². The summed E-state index contributed by atoms with van der Waals surface area (Å²) in [7, 11) is 0. The average Bonchev–Trinajstić information content (AvgIpc) is 2.63. The molecule has 3 aromatic rings. The first-order chi connectivity index (χ1) is 12.1. The maximum absolute atomic E-state index is 10.9. The Morgan fingerprint density at radius 1 is 0.885 bits per heavy atom. The highest BCUT2D eigenvalue weighted by Crippen LogP contribution is 2.09. The van der Waals surface area contributed by atoms with Gasteiger partial charge in [0.2, 0.25) is 0 Å². The molecule has 1 N–H and O–H groups in total. The fraction of sp³-hybridized carbons (Fsp3) is 0.0909. The van der Waals surface area contributed by atoms with E-state index in [1.165, 1.54) is 11.1 Å². The minimum absolute atomic E-state index is 0. The maximum Gasteiger partial charge on any atom is 0.335 e. The number of hydrogen-bond donors (Lipinski definition) is 1. The smallest absolute Gasteiger partial charge is 0.335 e. The van der Waals surface area contributed by atoms with Gasteiger partial charge in [0.05, 0.1) is 5.56 Å². The lowest BCUT2D eigenvalue weighted by atomic mass is 10.1. The zero-order chi connectivity index (χ0) is 17.6. The van der Waals surface area contributed by atoms with Gasteiger partial charge in [-0.1, -0.05) is 54.1 Å². The van der Waals surface area contributed by atoms with Crippen molar-refractivity contribution >= 4 is 18.1 Å². The summed E-state index contributed by atoms with van der Waals surface area (Å²) in [6, 6.07) is 19.5. The van der Waals surface area contributed by atoms with Crippen LogP contribution >= 0.6 is 0 Å². The van der Waals surface area contributed by atoms with Gasteiger partial charge < -0.3 is 17.5 Å². The van der Waals surface area contributed by atoms with E-state index in [-0.39, 0.29) is 12.4 Å². The monoisotopic (exact) mass is 365 g/mol. The first-order valence-corrected chi connectivity index (χ1v) is 8.16. The van der Waals surface area contributed by atoms with Gasteiger partial charge in [-0.25, -0.2) is 9.36 Å². The van der Waals surface area contributed by atoms with E-state index >= 15 is 0 Å². The Balaban J connectivity index is 0.00000243. The third kappa shape index (κ3) is 5.30. The summed E-state index contributed by atoms with van der Waals surface area (Å²) in [5.41, 5.74) is 4.96. The molecule has 0 aliphatic carbocycles. The van der Waals surface area contributed by atoms with E-state index < -0.39 is 5.97 Å². The van der Waals surface area contributed by atoms with Gasteiger partial charge in [-0.3, -0.25) is 0 Å². The SMILES string of the molecule is Cc1ccc(/C=C\c2cc[n+](Cc3ccc(C(=O)O)cc3)cc2)cc1.[Cl-]. The first-order valence-electron chi connectivity index (χ1n) is 8.16. The van der Waals surface area contributed by atoms with Crippen molar-refractivity contribution in [2.45, 2.75) is 13.5 Å². The lowest BCUT2D eigenvalue weighted by Crippen LogP contribution is -3.00. The Labute approximate surface area is 159 Å². The molecule has 2 aromatic carbocycles. The normalized spacial score (nSPS) is 10.5. The molecule has 0 aliphatic rings. The molecule has 1 aromatic heterocycles. The van der Waals surface area contributed by atoms with Crippen molar-refractivity contribution in [2.75, 3.05) is 0 Å². The van der Waals surface area contributed by atoms with E-state index in [2.05, 4.69) is 60.0 Å². The van der Waals surface area contributed by atoms with Crippen molar-refractivity contribution in [3.8, 4) is 0 Å². The molecule has 0 bridgehead atoms. The van der Waals surface area contributed by atoms with Gasteiger partial charge >= 0.3 is 5.97 Å². The topological polar surface area (TPSA) is 41.2 Å². The number of carbonyl (C=O) groups is 1. The van der Waals surface area contributed by atoms with Gasteiger partial charge in [-0.2, -0.15) is 0 Å². The van der Waals surface area contributed by atoms with E-state index in [9.17, 15) is 4.79 Å². The summed E-state index contributed by atoms with van der Waals surface area (Å²) in [5, 5.41) is 8.93. The van der Waals surface area contributed by atoms with E-state index in [1.54, 1.807) is 12.1 Å². The molecule has 26 heavy (non-hydrogen) atoms. The molecule has 0 aliphatic heterocycles. The molecule has 4 heteroatoms. The number of nitrogens with zero attached hydrogens (tertiary/aromatic N) is 1. The standard InChI is InChI=1S/C22H19NO2.ClH/c1-17-2-4-18(5-3-17)6-7-19-12-14-23(15-13-19)16-20-8-10-21(11-9-20)22(24)25;/h2-15H,16H2,1H3;1H/b7-6-;. The van der Waals surface area contributed by atoms with Gasteiger partial charge in [0.15, 0.2) is 18.9 Å². The number of rotatable bonds is 5. The van der Waals surface area contributed by atoms with E-state index in [1.807, 2.05) is 24.5 Å². The zero-order valence-corrected chi connectivity index (χ0v) is 15.2. The highest BCUT2D eigenvalue weighted by atomic mass is 35.5. The molecule has 0 atom stereocenters. The summed E-state index contributed by atoms with van der Waals surface area (Å²) in [6.07, 6.45) is 8.25. The molecule has 0 unspecified atom stereocenters. The van der Waals surface area contributed by atoms with Crippen molar-refractivity contribution in [1.29, 1.82) is 0 Å². The van der Waals surface area contributed by atoms with Crippen molar-refractivity contribution in [3.05, 3.63) is 101 Å². The van der Waals surface area contributed by atoms with Crippen molar-refractivity contribution in [1.82, 2.24) is 0 Å². The maximum atomic E-state index is 10.9. The van der Waals surface area contributed by atoms with Crippen LogP contribution in [0.3, 0.4) is 0 Å². The molecule has 0 amide bonds. The van der Waals surface area contributed by atoms with Crippen molar-refractivity contribution in [3.63, 3.8) is 0 Å². The van der Waals surface area contributed by atoms with Crippen LogP contribution in [0.4, 0.5) is 0 Å². The van der Waals surface area contributed by atoms with Crippen LogP contribution in [0, 0.1) is 6.92 Å². The number of aromatic nitrogens is 1. The fourth-order valence-electron chi connectivity index (χ4n) is 2.52. The van der Waals surface area contributed by atoms with Crippen LogP contribution in [0.2, 0.25) is 0 Å². The second kappa shape index (κ2) is 8.97. The highest BCUT2D eigenvalue weighted by molar-refractivity contribution is 5.87. The summed E-state index contributed by atoms with van der Waals surface area (Å²) >= 11 is 0. The summed E-state index contributed by atoms with van der Waals surface area (Å²) in [6.45, 7) is 2.79. The third-order valence-corrected chi connectivity index (χ3v) is 4.03. The molecular formula is C22H20ClNO2. The minimum Gasteiger partial charge on any atom is -1.00 e. The first kappa shape index (κ1) is 19.4. The molecule has 0 saturated heterocycles. The van der Waals surface area contributed by atoms with Gasteiger partial charge in [0.25, 0.3) is 0 Å². The average molecular weight is 366 g/mol. The number of hydrogen-bond acceptors (Lipinski definition) is 1. The molecule has 3 rings (SSSR count). The van der Waals surface area contributed by atoms with Gasteiger partial charge in [0.1, 0.15) is 0 Å². The van der Waals surface area contributed by atoms with Crippen LogP contribution in [0.25, 0.3) is 12.2 Å². The zero-order valence-electron chi connectivity index (χ0n) is 14.5. The molecule has 3 nitrogen and oxygen atoms in total. The van der Waals surface area contributed by atoms with Crippen LogP contribution in [-0.4, -0.2) is 11.1 Å². The highest BCUT2D eigenvalue weighted by Gasteiger charge is 2.05. The fourth-order valence-corrected chi connectivity index (χ4v) is 2.52. The molecular weight excluding hydrogens is 346 g/mol. The third-order valence-electron chi connectivity index (χ3n) is 4.03. The number of halogens is 1. The van der Waals surface area contributed by atoms with Crippen molar-refractivity contribution in [2.24, 2.45) is 0 Å². The largest absolute Gasteiger partial charge is 1.00 e. The predicted octanol–water partition coefficient (Wildman–Crippen LogP) is 1.20. The van der Waals surface area contributed by atoms with Crippen LogP contribution in [0.1, 0.15) is 32.6 Å². The summed E-state index contributed by atoms with van der Waals surface area (Å²) in [5.74, 6) is -0.899. The lowest BCUT2D eigenvalue weighted by molar-refractivity contribution is -0.688. The Kier molecular flexibility index (Phi) is 6.70. The number of carboxylic acids is 1. The molecule has 0 spiro atoms. The number of aryl methyl sites for hydroxylation is 1. The Bertz CT molecular complexity index is 883. The lowest BCUT2D eigenvalue weighted by Gasteiger charge is -2.00. The van der Waals surface area contributed by atoms with Gasteiger partial charge in [-0.15, -0.1) is 0 Å². The van der Waals surface area contributed by atoms with Crippen LogP contribution < -0.4 is 17.0 Å². The van der Waals surface area contributed by atoms with Crippen molar-refractivity contribution < 1.29 is 26.9 Å². The number of aromatic carboxylic acids is 1. The molecule has 1 heterocycles. The Morgan fingerprint density at radius 3 is 1.96 bits per heavy atom. The number of pyridine rings is 1. The summed E-state index contributed by atoms with van der Waals surface area (Å²) in [4.78, 5) is 10.9. The minimum atomic E-state index is -0.899. The number of benzene rings is 2. The van der Waals surface area contributed by atoms with Crippen LogP contribution in [0.5, 0.6) is 0 Å². The molecule has 0 radical (unpaired) electrons. The second-order valence-electron chi connectivity index (χ2n) is 6.05. The van der Waals surface area contributed by atoms with Crippen LogP contribution in [-0.2, 0) is 6.54 Å². The van der Waals surface area contributed by atoms with Crippen LogP contribution in [0.15, 0.2) is 73.1 Å². The Hall–Kier alpha value is -2.91. The van der Waals surface area contributed by atoms with E-state index in [0.29, 0.717) is 12.1 Å². The Morgan fingerprint density at radius 2 is 1.42 bits per heavy atom. The molecule has 132 valence electrons. The predicted molar refractivity (Wildman–Crippen MR) is 99.2 cm³/mol. The second-order valence-corrected chi connectivity index (χ2v) is 6.05. The quantitative estimate of drug-likeness (QED) is 0.690. The summed E-state index contributed by atoms with van der Waals surface area (Å²) < 4.78 is 2.07.